The molecule has 104 valence electrons. The first-order valence-corrected chi connectivity index (χ1v) is 6.41. The van der Waals surface area contributed by atoms with Gasteiger partial charge in [0.15, 0.2) is 5.82 Å². The van der Waals surface area contributed by atoms with Crippen LogP contribution < -0.4 is 5.32 Å². The zero-order valence-corrected chi connectivity index (χ0v) is 11.8. The summed E-state index contributed by atoms with van der Waals surface area (Å²) in [6, 6.07) is 1.96. The summed E-state index contributed by atoms with van der Waals surface area (Å²) in [7, 11) is 6.05. The minimum Gasteiger partial charge on any atom is -0.378 e. The third-order valence-electron chi connectivity index (χ3n) is 2.86. The lowest BCUT2D eigenvalue weighted by molar-refractivity contribution is 0.126. The summed E-state index contributed by atoms with van der Waals surface area (Å²) in [6.45, 7) is 3.08. The van der Waals surface area contributed by atoms with E-state index < -0.39 is 0 Å². The number of aryl methyl sites for hydroxylation is 1. The van der Waals surface area contributed by atoms with Crippen LogP contribution in [0.2, 0.25) is 0 Å². The van der Waals surface area contributed by atoms with Gasteiger partial charge >= 0.3 is 0 Å². The van der Waals surface area contributed by atoms with Crippen LogP contribution in [0.4, 0.5) is 5.82 Å². The number of pyridine rings is 1. The molecule has 0 amide bonds. The molecule has 0 aliphatic carbocycles. The number of hydrogen-bond donors (Lipinski definition) is 1. The minimum atomic E-state index is 0.665. The van der Waals surface area contributed by atoms with Crippen molar-refractivity contribution in [1.29, 1.82) is 0 Å². The smallest absolute Gasteiger partial charge is 0.154 e. The van der Waals surface area contributed by atoms with Gasteiger partial charge in [-0.15, -0.1) is 0 Å². The molecule has 2 heterocycles. The molecule has 0 spiro atoms. The van der Waals surface area contributed by atoms with Gasteiger partial charge in [0.25, 0.3) is 0 Å². The second-order valence-corrected chi connectivity index (χ2v) is 4.73. The number of aromatic nitrogens is 3. The van der Waals surface area contributed by atoms with Crippen molar-refractivity contribution in [3.63, 3.8) is 0 Å². The van der Waals surface area contributed by atoms with Crippen LogP contribution >= 0.6 is 0 Å². The van der Waals surface area contributed by atoms with Gasteiger partial charge in [0.1, 0.15) is 5.52 Å². The lowest BCUT2D eigenvalue weighted by Gasteiger charge is -2.10. The fourth-order valence-electron chi connectivity index (χ4n) is 1.78. The van der Waals surface area contributed by atoms with Crippen LogP contribution in [0.25, 0.3) is 11.0 Å². The average Bonchev–Trinajstić information content (AvgIpc) is 2.76. The van der Waals surface area contributed by atoms with Gasteiger partial charge in [0, 0.05) is 26.3 Å². The van der Waals surface area contributed by atoms with Gasteiger partial charge in [-0.25, -0.2) is 9.97 Å². The fraction of sp³-hybridized carbons (Fsp3) is 0.538. The van der Waals surface area contributed by atoms with Crippen LogP contribution in [0.3, 0.4) is 0 Å². The van der Waals surface area contributed by atoms with Crippen molar-refractivity contribution in [1.82, 2.24) is 19.4 Å². The Labute approximate surface area is 113 Å². The van der Waals surface area contributed by atoms with E-state index in [0.717, 1.165) is 36.5 Å². The average molecular weight is 263 g/mol. The molecule has 0 atom stereocenters. The summed E-state index contributed by atoms with van der Waals surface area (Å²) in [5, 5.41) is 3.26. The van der Waals surface area contributed by atoms with E-state index in [9.17, 15) is 0 Å². The largest absolute Gasteiger partial charge is 0.378 e. The van der Waals surface area contributed by atoms with Crippen molar-refractivity contribution in [2.24, 2.45) is 7.05 Å². The van der Waals surface area contributed by atoms with E-state index in [-0.39, 0.29) is 0 Å². The summed E-state index contributed by atoms with van der Waals surface area (Å²) < 4.78 is 7.51. The van der Waals surface area contributed by atoms with Crippen LogP contribution in [0.1, 0.15) is 0 Å². The van der Waals surface area contributed by atoms with Crippen molar-refractivity contribution in [3.8, 4) is 0 Å². The van der Waals surface area contributed by atoms with E-state index in [1.54, 1.807) is 12.5 Å². The molecule has 2 rings (SSSR count). The highest BCUT2D eigenvalue weighted by Gasteiger charge is 2.05. The fourth-order valence-corrected chi connectivity index (χ4v) is 1.78. The Morgan fingerprint density at radius 1 is 1.32 bits per heavy atom. The Hall–Kier alpha value is -1.66. The molecule has 0 aliphatic heterocycles. The van der Waals surface area contributed by atoms with Gasteiger partial charge in [0.2, 0.25) is 0 Å². The van der Waals surface area contributed by atoms with Gasteiger partial charge < -0.3 is 19.5 Å². The van der Waals surface area contributed by atoms with Crippen LogP contribution in [-0.2, 0) is 11.8 Å². The molecule has 0 radical (unpaired) electrons. The normalized spacial score (nSPS) is 11.4. The van der Waals surface area contributed by atoms with Crippen molar-refractivity contribution < 1.29 is 4.74 Å². The van der Waals surface area contributed by atoms with E-state index in [1.807, 2.05) is 31.8 Å². The molecule has 0 saturated heterocycles. The minimum absolute atomic E-state index is 0.665. The highest BCUT2D eigenvalue weighted by molar-refractivity contribution is 5.85. The first kappa shape index (κ1) is 13.8. The predicted octanol–water partition coefficient (Wildman–Crippen LogP) is 0.958. The summed E-state index contributed by atoms with van der Waals surface area (Å²) in [5.74, 6) is 0.814. The molecule has 0 aromatic carbocycles. The Kier molecular flexibility index (Phi) is 4.70. The molecule has 0 bridgehead atoms. The van der Waals surface area contributed by atoms with E-state index >= 15 is 0 Å². The second-order valence-electron chi connectivity index (χ2n) is 4.73. The molecule has 2 aromatic rings. The standard InChI is InChI=1S/C13H21N5O/c1-17(2)7-9-19-8-6-15-13-12-11(4-5-14-13)18(3)10-16-12/h4-5,10H,6-9H2,1-3H3,(H,14,15). The quantitative estimate of drug-likeness (QED) is 0.754. The third-order valence-corrected chi connectivity index (χ3v) is 2.86. The van der Waals surface area contributed by atoms with Crippen molar-refractivity contribution >= 4 is 16.9 Å². The lowest BCUT2D eigenvalue weighted by atomic mass is 10.4. The zero-order chi connectivity index (χ0) is 13.7. The van der Waals surface area contributed by atoms with Gasteiger partial charge in [-0.1, -0.05) is 0 Å². The second kappa shape index (κ2) is 6.49. The summed E-state index contributed by atoms with van der Waals surface area (Å²) >= 11 is 0. The third kappa shape index (κ3) is 3.65. The molecule has 0 aliphatic rings. The SMILES string of the molecule is CN(C)CCOCCNc1nccc2c1ncn2C. The molecule has 6 nitrogen and oxygen atoms in total. The summed E-state index contributed by atoms with van der Waals surface area (Å²) in [6.07, 6.45) is 3.59. The van der Waals surface area contributed by atoms with Gasteiger partial charge in [-0.3, -0.25) is 0 Å². The Morgan fingerprint density at radius 2 is 2.16 bits per heavy atom. The number of rotatable bonds is 7. The van der Waals surface area contributed by atoms with E-state index in [1.165, 1.54) is 0 Å². The molecule has 0 unspecified atom stereocenters. The highest BCUT2D eigenvalue weighted by atomic mass is 16.5. The number of fused-ring (bicyclic) bond motifs is 1. The Morgan fingerprint density at radius 3 is 2.95 bits per heavy atom. The van der Waals surface area contributed by atoms with Crippen molar-refractivity contribution in [3.05, 3.63) is 18.6 Å². The number of hydrogen-bond acceptors (Lipinski definition) is 5. The lowest BCUT2D eigenvalue weighted by Crippen LogP contribution is -2.20. The van der Waals surface area contributed by atoms with Crippen LogP contribution in [0.15, 0.2) is 18.6 Å². The van der Waals surface area contributed by atoms with E-state index in [2.05, 4.69) is 20.2 Å². The number of ether oxygens (including phenoxy) is 1. The topological polar surface area (TPSA) is 55.2 Å². The maximum Gasteiger partial charge on any atom is 0.154 e. The molecular formula is C13H21N5O. The number of likely N-dealkylation sites (N-methyl/N-ethyl adjacent to an activating group) is 1. The van der Waals surface area contributed by atoms with Gasteiger partial charge in [-0.2, -0.15) is 0 Å². The van der Waals surface area contributed by atoms with Gasteiger partial charge in [0.05, 0.1) is 25.1 Å². The molecule has 1 N–H and O–H groups in total. The van der Waals surface area contributed by atoms with Gasteiger partial charge in [-0.05, 0) is 20.2 Å². The van der Waals surface area contributed by atoms with Crippen molar-refractivity contribution in [2.75, 3.05) is 45.7 Å². The van der Waals surface area contributed by atoms with Crippen LogP contribution in [0, 0.1) is 0 Å². The molecule has 19 heavy (non-hydrogen) atoms. The monoisotopic (exact) mass is 263 g/mol. The summed E-state index contributed by atoms with van der Waals surface area (Å²) in [4.78, 5) is 10.8. The molecule has 0 saturated carbocycles. The van der Waals surface area contributed by atoms with E-state index in [0.29, 0.717) is 6.61 Å². The van der Waals surface area contributed by atoms with Crippen molar-refractivity contribution in [2.45, 2.75) is 0 Å². The Bertz CT molecular complexity index is 523. The molecular weight excluding hydrogens is 242 g/mol. The molecule has 2 aromatic heterocycles. The van der Waals surface area contributed by atoms with Crippen LogP contribution in [0.5, 0.6) is 0 Å². The molecule has 0 fully saturated rings. The highest BCUT2D eigenvalue weighted by Crippen LogP contribution is 2.17. The number of nitrogens with one attached hydrogen (secondary N) is 1. The maximum atomic E-state index is 5.53. The maximum absolute atomic E-state index is 5.53. The number of anilines is 1. The zero-order valence-electron chi connectivity index (χ0n) is 11.8. The number of imidazole rings is 1. The number of nitrogens with zero attached hydrogens (tertiary/aromatic N) is 4. The first-order chi connectivity index (χ1) is 9.18. The van der Waals surface area contributed by atoms with Crippen LogP contribution in [-0.4, -0.2) is 59.8 Å². The predicted molar refractivity (Wildman–Crippen MR) is 76.4 cm³/mol. The van der Waals surface area contributed by atoms with E-state index in [4.69, 9.17) is 4.74 Å². The first-order valence-electron chi connectivity index (χ1n) is 6.41. The summed E-state index contributed by atoms with van der Waals surface area (Å²) in [5.41, 5.74) is 1.98. The molecule has 6 heteroatoms. The Balaban J connectivity index is 1.82.